The SMILES string of the molecule is C=CCOC(=O)C1=C(C)N=c2s/c(=C\c3cn(-c4ccccc4)nc3-c3ccc(OC)cc3)c(=O)n2[C@H]1c1ccc(OC(C)=O)c(OC)c1. The zero-order valence-corrected chi connectivity index (χ0v) is 28.0. The number of rotatable bonds is 10. The Morgan fingerprint density at radius 2 is 1.76 bits per heavy atom. The molecule has 1 aliphatic heterocycles. The van der Waals surface area contributed by atoms with Gasteiger partial charge in [0.05, 0.1) is 41.8 Å². The van der Waals surface area contributed by atoms with Gasteiger partial charge < -0.3 is 18.9 Å². The molecule has 0 saturated carbocycles. The lowest BCUT2D eigenvalue weighted by Crippen LogP contribution is -2.40. The van der Waals surface area contributed by atoms with Crippen LogP contribution in [0, 0.1) is 0 Å². The minimum Gasteiger partial charge on any atom is -0.497 e. The van der Waals surface area contributed by atoms with Crippen LogP contribution in [0.15, 0.2) is 113 Å². The molecule has 248 valence electrons. The highest BCUT2D eigenvalue weighted by Crippen LogP contribution is 2.36. The van der Waals surface area contributed by atoms with Gasteiger partial charge in [-0.3, -0.25) is 14.2 Å². The molecule has 0 N–H and O–H groups in total. The molecule has 12 heteroatoms. The average Bonchev–Trinajstić information content (AvgIpc) is 3.67. The smallest absolute Gasteiger partial charge is 0.338 e. The Labute approximate surface area is 285 Å². The number of hydrogen-bond donors (Lipinski definition) is 0. The number of allylic oxidation sites excluding steroid dienone is 1. The summed E-state index contributed by atoms with van der Waals surface area (Å²) < 4.78 is 25.2. The Balaban J connectivity index is 1.55. The van der Waals surface area contributed by atoms with E-state index in [1.54, 1.807) is 43.0 Å². The van der Waals surface area contributed by atoms with Gasteiger partial charge in [-0.15, -0.1) is 0 Å². The molecular weight excluding hydrogens is 644 g/mol. The van der Waals surface area contributed by atoms with Crippen LogP contribution in [0.1, 0.15) is 31.0 Å². The Kier molecular flexibility index (Phi) is 9.40. The molecule has 0 fully saturated rings. The molecule has 3 aromatic carbocycles. The summed E-state index contributed by atoms with van der Waals surface area (Å²) in [4.78, 5) is 44.7. The Morgan fingerprint density at radius 1 is 1.00 bits per heavy atom. The standard InChI is InChI=1S/C37H32N4O7S/c1-6-18-47-36(44)32-22(2)38-37-41(34(32)25-14-17-29(48-23(3)42)30(19-25)46-5)35(43)31(49-37)20-26-21-40(27-10-8-7-9-11-27)39-33(26)24-12-15-28(45-4)16-13-24/h6-17,19-21,34H,1,18H2,2-5H3/b31-20-/t34-/m0/s1. The number of esters is 2. The van der Waals surface area contributed by atoms with Crippen molar-refractivity contribution in [3.8, 4) is 34.2 Å². The van der Waals surface area contributed by atoms with Gasteiger partial charge in [0.15, 0.2) is 16.3 Å². The predicted octanol–water partition coefficient (Wildman–Crippen LogP) is 4.76. The van der Waals surface area contributed by atoms with E-state index in [2.05, 4.69) is 11.6 Å². The van der Waals surface area contributed by atoms with Crippen LogP contribution in [0.2, 0.25) is 0 Å². The Bertz CT molecular complexity index is 2280. The number of nitrogens with zero attached hydrogens (tertiary/aromatic N) is 4. The number of methoxy groups -OCH3 is 2. The maximum Gasteiger partial charge on any atom is 0.338 e. The fourth-order valence-electron chi connectivity index (χ4n) is 5.52. The van der Waals surface area contributed by atoms with Gasteiger partial charge >= 0.3 is 11.9 Å². The molecule has 5 aromatic rings. The molecule has 3 heterocycles. The molecular formula is C37H32N4O7S. The van der Waals surface area contributed by atoms with Crippen LogP contribution in [-0.2, 0) is 14.3 Å². The van der Waals surface area contributed by atoms with Gasteiger partial charge in [0.1, 0.15) is 18.1 Å². The van der Waals surface area contributed by atoms with E-state index in [1.165, 1.54) is 36.0 Å². The van der Waals surface area contributed by atoms with Crippen molar-refractivity contribution in [2.24, 2.45) is 4.99 Å². The topological polar surface area (TPSA) is 123 Å². The normalized spacial score (nSPS) is 14.1. The number of thiazole rings is 1. The molecule has 0 amide bonds. The summed E-state index contributed by atoms with van der Waals surface area (Å²) in [7, 11) is 3.04. The van der Waals surface area contributed by atoms with Gasteiger partial charge in [0, 0.05) is 24.2 Å². The van der Waals surface area contributed by atoms with Crippen molar-refractivity contribution in [2.45, 2.75) is 19.9 Å². The fourth-order valence-corrected chi connectivity index (χ4v) is 6.56. The molecule has 6 rings (SSSR count). The van der Waals surface area contributed by atoms with Crippen LogP contribution in [0.4, 0.5) is 0 Å². The van der Waals surface area contributed by atoms with Crippen molar-refractivity contribution >= 4 is 29.4 Å². The number of para-hydroxylation sites is 1. The number of ether oxygens (including phenoxy) is 4. The number of fused-ring (bicyclic) bond motifs is 1. The molecule has 0 spiro atoms. The van der Waals surface area contributed by atoms with Crippen LogP contribution in [-0.4, -0.2) is 47.1 Å². The first-order valence-corrected chi connectivity index (χ1v) is 16.0. The van der Waals surface area contributed by atoms with Gasteiger partial charge in [0.25, 0.3) is 5.56 Å². The number of aromatic nitrogens is 3. The van der Waals surface area contributed by atoms with Gasteiger partial charge in [-0.25, -0.2) is 14.5 Å². The number of carbonyl (C=O) groups excluding carboxylic acids is 2. The molecule has 11 nitrogen and oxygen atoms in total. The Morgan fingerprint density at radius 3 is 2.43 bits per heavy atom. The molecule has 49 heavy (non-hydrogen) atoms. The van der Waals surface area contributed by atoms with Gasteiger partial charge in [-0.1, -0.05) is 48.3 Å². The van der Waals surface area contributed by atoms with Crippen LogP contribution in [0.5, 0.6) is 17.2 Å². The lowest BCUT2D eigenvalue weighted by molar-refractivity contribution is -0.138. The molecule has 2 aromatic heterocycles. The molecule has 0 aliphatic carbocycles. The predicted molar refractivity (Wildman–Crippen MR) is 185 cm³/mol. The van der Waals surface area contributed by atoms with Crippen molar-refractivity contribution in [3.63, 3.8) is 0 Å². The first-order valence-electron chi connectivity index (χ1n) is 15.2. The van der Waals surface area contributed by atoms with Gasteiger partial charge in [0.2, 0.25) is 0 Å². The van der Waals surface area contributed by atoms with E-state index >= 15 is 0 Å². The third kappa shape index (κ3) is 6.58. The molecule has 0 saturated heterocycles. The summed E-state index contributed by atoms with van der Waals surface area (Å²) in [5, 5.41) is 4.89. The minimum atomic E-state index is -0.927. The fraction of sp³-hybridized carbons (Fsp3) is 0.162. The number of carbonyl (C=O) groups is 2. The lowest BCUT2D eigenvalue weighted by atomic mass is 9.95. The highest BCUT2D eigenvalue weighted by molar-refractivity contribution is 7.07. The van der Waals surface area contributed by atoms with E-state index in [-0.39, 0.29) is 29.2 Å². The number of hydrogen-bond acceptors (Lipinski definition) is 10. The minimum absolute atomic E-state index is 0.0268. The monoisotopic (exact) mass is 676 g/mol. The molecule has 0 bridgehead atoms. The maximum atomic E-state index is 14.4. The van der Waals surface area contributed by atoms with Gasteiger partial charge in [-0.05, 0) is 67.1 Å². The van der Waals surface area contributed by atoms with Crippen molar-refractivity contribution in [3.05, 3.63) is 134 Å². The summed E-state index contributed by atoms with van der Waals surface area (Å²) in [5.74, 6) is -0.0104. The average molecular weight is 677 g/mol. The van der Waals surface area contributed by atoms with Crippen molar-refractivity contribution in [1.29, 1.82) is 0 Å². The highest BCUT2D eigenvalue weighted by Gasteiger charge is 2.34. The largest absolute Gasteiger partial charge is 0.497 e. The highest BCUT2D eigenvalue weighted by atomic mass is 32.1. The second-order valence-corrected chi connectivity index (χ2v) is 11.9. The molecule has 0 unspecified atom stereocenters. The van der Waals surface area contributed by atoms with Crippen LogP contribution >= 0.6 is 11.3 Å². The van der Waals surface area contributed by atoms with E-state index in [4.69, 9.17) is 24.0 Å². The van der Waals surface area contributed by atoms with Crippen molar-refractivity contribution in [2.75, 3.05) is 20.8 Å². The summed E-state index contributed by atoms with van der Waals surface area (Å²) >= 11 is 1.20. The van der Waals surface area contributed by atoms with Crippen molar-refractivity contribution in [1.82, 2.24) is 14.3 Å². The first kappa shape index (κ1) is 32.9. The maximum absolute atomic E-state index is 14.4. The third-order valence-corrected chi connectivity index (χ3v) is 8.73. The van der Waals surface area contributed by atoms with E-state index in [0.29, 0.717) is 37.6 Å². The third-order valence-electron chi connectivity index (χ3n) is 7.74. The van der Waals surface area contributed by atoms with E-state index in [9.17, 15) is 14.4 Å². The molecule has 1 atom stereocenters. The Hall–Kier alpha value is -6.01. The van der Waals surface area contributed by atoms with Gasteiger partial charge in [-0.2, -0.15) is 5.10 Å². The summed E-state index contributed by atoms with van der Waals surface area (Å²) in [6.45, 7) is 6.60. The second kappa shape index (κ2) is 14.0. The molecule has 1 aliphatic rings. The van der Waals surface area contributed by atoms with Crippen LogP contribution < -0.4 is 29.1 Å². The van der Waals surface area contributed by atoms with Crippen LogP contribution in [0.3, 0.4) is 0 Å². The summed E-state index contributed by atoms with van der Waals surface area (Å²) in [5.41, 5.74) is 3.76. The quantitative estimate of drug-likeness (QED) is 0.118. The van der Waals surface area contributed by atoms with Crippen LogP contribution in [0.25, 0.3) is 23.0 Å². The number of benzene rings is 3. The summed E-state index contributed by atoms with van der Waals surface area (Å²) in [6.07, 6.45) is 5.11. The van der Waals surface area contributed by atoms with E-state index in [1.807, 2.05) is 60.8 Å². The zero-order chi connectivity index (χ0) is 34.7. The van der Waals surface area contributed by atoms with Crippen molar-refractivity contribution < 1.29 is 28.5 Å². The van der Waals surface area contributed by atoms with E-state index in [0.717, 1.165) is 11.3 Å². The zero-order valence-electron chi connectivity index (χ0n) is 27.2. The first-order chi connectivity index (χ1) is 23.7. The molecule has 0 radical (unpaired) electrons. The lowest BCUT2D eigenvalue weighted by Gasteiger charge is -2.25. The van der Waals surface area contributed by atoms with E-state index < -0.39 is 18.0 Å². The summed E-state index contributed by atoms with van der Waals surface area (Å²) in [6, 6.07) is 21.1. The second-order valence-electron chi connectivity index (χ2n) is 10.9.